The van der Waals surface area contributed by atoms with E-state index in [2.05, 4.69) is 10.3 Å². The zero-order valence-corrected chi connectivity index (χ0v) is 13.7. The number of sulfonamides is 1. The van der Waals surface area contributed by atoms with Gasteiger partial charge in [-0.25, -0.2) is 17.7 Å². The van der Waals surface area contributed by atoms with Crippen LogP contribution < -0.4 is 5.32 Å². The minimum Gasteiger partial charge on any atom is -0.381 e. The topological polar surface area (TPSA) is 71.5 Å². The summed E-state index contributed by atoms with van der Waals surface area (Å²) >= 11 is 6.08. The van der Waals surface area contributed by atoms with E-state index in [4.69, 9.17) is 16.3 Å². The maximum absolute atomic E-state index is 12.0. The highest BCUT2D eigenvalue weighted by atomic mass is 35.5. The van der Waals surface area contributed by atoms with Crippen molar-refractivity contribution in [1.29, 1.82) is 0 Å². The Balaban J connectivity index is 2.16. The molecule has 0 unspecified atom stereocenters. The van der Waals surface area contributed by atoms with Crippen LogP contribution in [-0.2, 0) is 14.8 Å². The molecule has 2 rings (SSSR count). The van der Waals surface area contributed by atoms with Gasteiger partial charge in [0.2, 0.25) is 10.0 Å². The molecule has 1 N–H and O–H groups in total. The highest BCUT2D eigenvalue weighted by Gasteiger charge is 2.32. The molecule has 8 heteroatoms. The van der Waals surface area contributed by atoms with Crippen LogP contribution in [0.2, 0.25) is 0 Å². The highest BCUT2D eigenvalue weighted by Crippen LogP contribution is 2.27. The van der Waals surface area contributed by atoms with Gasteiger partial charge < -0.3 is 10.1 Å². The molecule has 0 radical (unpaired) electrons. The first kappa shape index (κ1) is 16.5. The van der Waals surface area contributed by atoms with Gasteiger partial charge in [-0.2, -0.15) is 0 Å². The molecule has 1 aliphatic rings. The minimum atomic E-state index is -3.45. The Morgan fingerprint density at radius 3 is 2.52 bits per heavy atom. The van der Waals surface area contributed by atoms with Crippen LogP contribution in [0.1, 0.15) is 12.8 Å². The number of halogens is 1. The molecule has 6 nitrogen and oxygen atoms in total. The quantitative estimate of drug-likeness (QED) is 0.827. The Morgan fingerprint density at radius 2 is 2.05 bits per heavy atom. The fourth-order valence-electron chi connectivity index (χ4n) is 2.14. The number of anilines is 1. The smallest absolute Gasteiger partial charge is 0.244 e. The summed E-state index contributed by atoms with van der Waals surface area (Å²) in [5.41, 5.74) is -0.241. The lowest BCUT2D eigenvalue weighted by Crippen LogP contribution is -2.45. The van der Waals surface area contributed by atoms with E-state index in [1.165, 1.54) is 20.3 Å². The van der Waals surface area contributed by atoms with Gasteiger partial charge in [0.15, 0.2) is 0 Å². The van der Waals surface area contributed by atoms with Crippen molar-refractivity contribution in [2.45, 2.75) is 23.3 Å². The Bertz CT molecular complexity index is 569. The molecule has 0 atom stereocenters. The first-order valence-corrected chi connectivity index (χ1v) is 8.68. The molecule has 1 fully saturated rings. The van der Waals surface area contributed by atoms with E-state index in [0.29, 0.717) is 24.9 Å². The molecular formula is C13H20ClN3O3S. The molecule has 0 saturated carbocycles. The molecule has 1 aromatic rings. The lowest BCUT2D eigenvalue weighted by Gasteiger charge is -2.36. The minimum absolute atomic E-state index is 0.171. The number of hydrogen-bond donors (Lipinski definition) is 1. The van der Waals surface area contributed by atoms with Crippen molar-refractivity contribution in [3.8, 4) is 0 Å². The second kappa shape index (κ2) is 6.48. The van der Waals surface area contributed by atoms with Crippen LogP contribution in [0.3, 0.4) is 0 Å². The molecule has 0 aromatic carbocycles. The van der Waals surface area contributed by atoms with E-state index in [0.717, 1.165) is 17.1 Å². The number of hydrogen-bond acceptors (Lipinski definition) is 5. The second-order valence-corrected chi connectivity index (χ2v) is 7.74. The number of nitrogens with zero attached hydrogens (tertiary/aromatic N) is 2. The number of pyridine rings is 1. The molecule has 1 saturated heterocycles. The van der Waals surface area contributed by atoms with Crippen molar-refractivity contribution in [2.75, 3.05) is 38.5 Å². The largest absolute Gasteiger partial charge is 0.381 e. The Labute approximate surface area is 130 Å². The Morgan fingerprint density at radius 1 is 1.38 bits per heavy atom. The van der Waals surface area contributed by atoms with Crippen molar-refractivity contribution >= 4 is 27.4 Å². The Kier molecular flexibility index (Phi) is 5.08. The molecule has 21 heavy (non-hydrogen) atoms. The van der Waals surface area contributed by atoms with Gasteiger partial charge in [-0.3, -0.25) is 0 Å². The second-order valence-electron chi connectivity index (χ2n) is 5.32. The van der Waals surface area contributed by atoms with E-state index in [-0.39, 0.29) is 10.4 Å². The van der Waals surface area contributed by atoms with Gasteiger partial charge in [0.25, 0.3) is 0 Å². The lowest BCUT2D eigenvalue weighted by molar-refractivity contribution is 0.0666. The van der Waals surface area contributed by atoms with Crippen molar-refractivity contribution < 1.29 is 13.2 Å². The molecular weight excluding hydrogens is 314 g/mol. The van der Waals surface area contributed by atoms with Crippen molar-refractivity contribution in [3.63, 3.8) is 0 Å². The number of nitrogens with one attached hydrogen (secondary N) is 1. The fourth-order valence-corrected chi connectivity index (χ4v) is 3.33. The SMILES string of the molecule is CN(C)S(=O)(=O)c1ccc(NC2(CCl)CCOCC2)nc1. The molecule has 0 aliphatic carbocycles. The summed E-state index contributed by atoms with van der Waals surface area (Å²) < 4.78 is 30.5. The van der Waals surface area contributed by atoms with Crippen LogP contribution in [0.25, 0.3) is 0 Å². The summed E-state index contributed by atoms with van der Waals surface area (Å²) in [7, 11) is -0.466. The number of aromatic nitrogens is 1. The molecule has 0 bridgehead atoms. The van der Waals surface area contributed by atoms with Crippen LogP contribution >= 0.6 is 11.6 Å². The fraction of sp³-hybridized carbons (Fsp3) is 0.615. The highest BCUT2D eigenvalue weighted by molar-refractivity contribution is 7.89. The van der Waals surface area contributed by atoms with Gasteiger partial charge in [-0.05, 0) is 25.0 Å². The normalized spacial score (nSPS) is 18.7. The average molecular weight is 334 g/mol. The van der Waals surface area contributed by atoms with Crippen molar-refractivity contribution in [2.24, 2.45) is 0 Å². The maximum Gasteiger partial charge on any atom is 0.244 e. The molecule has 1 aromatic heterocycles. The standard InChI is InChI=1S/C13H20ClN3O3S/c1-17(2)21(18,19)11-3-4-12(15-9-11)16-13(10-14)5-7-20-8-6-13/h3-4,9H,5-8,10H2,1-2H3,(H,15,16). The van der Waals surface area contributed by atoms with Crippen LogP contribution in [0.15, 0.2) is 23.2 Å². The number of ether oxygens (including phenoxy) is 1. The molecule has 0 amide bonds. The predicted molar refractivity (Wildman–Crippen MR) is 82.2 cm³/mol. The van der Waals surface area contributed by atoms with E-state index < -0.39 is 10.0 Å². The molecule has 118 valence electrons. The van der Waals surface area contributed by atoms with Crippen LogP contribution in [0.5, 0.6) is 0 Å². The Hall–Kier alpha value is -0.890. The van der Waals surface area contributed by atoms with Crippen molar-refractivity contribution in [3.05, 3.63) is 18.3 Å². The van der Waals surface area contributed by atoms with Crippen LogP contribution in [-0.4, -0.2) is 56.4 Å². The zero-order chi connectivity index (χ0) is 15.5. The van der Waals surface area contributed by atoms with Crippen LogP contribution in [0, 0.1) is 0 Å². The van der Waals surface area contributed by atoms with E-state index in [1.807, 2.05) is 0 Å². The molecule has 0 spiro atoms. The third-order valence-corrected chi connectivity index (χ3v) is 5.92. The molecule has 1 aliphatic heterocycles. The number of rotatable bonds is 5. The summed E-state index contributed by atoms with van der Waals surface area (Å²) in [6.45, 7) is 1.32. The van der Waals surface area contributed by atoms with Gasteiger partial charge in [-0.1, -0.05) is 0 Å². The average Bonchev–Trinajstić information content (AvgIpc) is 2.48. The molecule has 2 heterocycles. The summed E-state index contributed by atoms with van der Waals surface area (Å²) in [5, 5.41) is 3.32. The third-order valence-electron chi connectivity index (χ3n) is 3.61. The van der Waals surface area contributed by atoms with Gasteiger partial charge in [0.05, 0.1) is 5.54 Å². The van der Waals surface area contributed by atoms with E-state index in [9.17, 15) is 8.42 Å². The summed E-state index contributed by atoms with van der Waals surface area (Å²) in [6, 6.07) is 3.21. The summed E-state index contributed by atoms with van der Waals surface area (Å²) in [5.74, 6) is 1.07. The zero-order valence-electron chi connectivity index (χ0n) is 12.2. The van der Waals surface area contributed by atoms with E-state index in [1.54, 1.807) is 12.1 Å². The first-order valence-electron chi connectivity index (χ1n) is 6.70. The lowest BCUT2D eigenvalue weighted by atomic mass is 9.92. The summed E-state index contributed by atoms with van der Waals surface area (Å²) in [4.78, 5) is 4.37. The monoisotopic (exact) mass is 333 g/mol. The van der Waals surface area contributed by atoms with Gasteiger partial charge >= 0.3 is 0 Å². The predicted octanol–water partition coefficient (Wildman–Crippen LogP) is 1.53. The first-order chi connectivity index (χ1) is 9.89. The van der Waals surface area contributed by atoms with E-state index >= 15 is 0 Å². The number of alkyl halides is 1. The van der Waals surface area contributed by atoms with Crippen molar-refractivity contribution in [1.82, 2.24) is 9.29 Å². The van der Waals surface area contributed by atoms with Gasteiger partial charge in [0.1, 0.15) is 10.7 Å². The third kappa shape index (κ3) is 3.66. The van der Waals surface area contributed by atoms with Crippen LogP contribution in [0.4, 0.5) is 5.82 Å². The maximum atomic E-state index is 12.0. The summed E-state index contributed by atoms with van der Waals surface area (Å²) in [6.07, 6.45) is 2.96. The van der Waals surface area contributed by atoms with Gasteiger partial charge in [0, 0.05) is 39.4 Å². The van der Waals surface area contributed by atoms with Gasteiger partial charge in [-0.15, -0.1) is 11.6 Å².